The highest BCUT2D eigenvalue weighted by Gasteiger charge is 2.21. The highest BCUT2D eigenvalue weighted by molar-refractivity contribution is 5.64. The van der Waals surface area contributed by atoms with E-state index in [1.54, 1.807) is 0 Å². The molecule has 0 amide bonds. The summed E-state index contributed by atoms with van der Waals surface area (Å²) in [4.78, 5) is 0. The molecule has 1 atom stereocenters. The van der Waals surface area contributed by atoms with Crippen LogP contribution in [0.1, 0.15) is 34.1 Å². The number of rotatable bonds is 4. The normalized spacial score (nSPS) is 12.1. The molecule has 1 heterocycles. The van der Waals surface area contributed by atoms with Gasteiger partial charge in [-0.15, -0.1) is 0 Å². The van der Waals surface area contributed by atoms with E-state index in [-0.39, 0.29) is 5.92 Å². The molecule has 1 heteroatoms. The van der Waals surface area contributed by atoms with Gasteiger partial charge in [0.15, 0.2) is 0 Å². The Kier molecular flexibility index (Phi) is 5.74. The fraction of sp³-hybridized carbons (Fsp3) is 0.0714. The Hall–Kier alpha value is -3.76. The fourth-order valence-electron chi connectivity index (χ4n) is 3.34. The van der Waals surface area contributed by atoms with Gasteiger partial charge in [-0.3, -0.25) is 0 Å². The van der Waals surface area contributed by atoms with Gasteiger partial charge in [-0.25, -0.2) is 0 Å². The first kappa shape index (κ1) is 18.6. The van der Waals surface area contributed by atoms with Gasteiger partial charge in [0.25, 0.3) is 0 Å². The summed E-state index contributed by atoms with van der Waals surface area (Å²) in [6, 6.07) is 34.9. The quantitative estimate of drug-likeness (QED) is 0.356. The second kappa shape index (κ2) is 8.95. The molecule has 0 saturated heterocycles. The first-order chi connectivity index (χ1) is 14.3. The Morgan fingerprint density at radius 3 is 2.00 bits per heavy atom. The molecule has 1 nitrogen and oxygen atoms in total. The third kappa shape index (κ3) is 4.75. The van der Waals surface area contributed by atoms with Crippen LogP contribution in [0.4, 0.5) is 0 Å². The smallest absolute Gasteiger partial charge is 0.116 e. The van der Waals surface area contributed by atoms with Gasteiger partial charge in [0.05, 0.1) is 5.92 Å². The number of furan rings is 1. The van der Waals surface area contributed by atoms with E-state index < -0.39 is 0 Å². The molecule has 0 saturated carbocycles. The van der Waals surface area contributed by atoms with Crippen LogP contribution in [0, 0.1) is 18.8 Å². The van der Waals surface area contributed by atoms with Crippen molar-refractivity contribution in [2.75, 3.05) is 0 Å². The predicted molar refractivity (Wildman–Crippen MR) is 119 cm³/mol. The average molecular weight is 374 g/mol. The van der Waals surface area contributed by atoms with Crippen molar-refractivity contribution in [1.82, 2.24) is 0 Å². The Bertz CT molecular complexity index is 1140. The van der Waals surface area contributed by atoms with Crippen LogP contribution in [0.15, 0.2) is 113 Å². The monoisotopic (exact) mass is 374 g/mol. The van der Waals surface area contributed by atoms with E-state index in [0.717, 1.165) is 33.8 Å². The predicted octanol–water partition coefficient (Wildman–Crippen LogP) is 6.86. The third-order valence-corrected chi connectivity index (χ3v) is 4.74. The Morgan fingerprint density at radius 1 is 0.759 bits per heavy atom. The lowest BCUT2D eigenvalue weighted by Gasteiger charge is -2.16. The number of benzene rings is 3. The van der Waals surface area contributed by atoms with E-state index in [1.807, 2.05) is 67.6 Å². The summed E-state index contributed by atoms with van der Waals surface area (Å²) in [5.41, 5.74) is 4.27. The molecule has 3 aromatic carbocycles. The van der Waals surface area contributed by atoms with Gasteiger partial charge in [0, 0.05) is 11.1 Å². The minimum absolute atomic E-state index is 0.0682. The van der Waals surface area contributed by atoms with Crippen LogP contribution >= 0.6 is 0 Å². The van der Waals surface area contributed by atoms with E-state index in [0.29, 0.717) is 0 Å². The summed E-state index contributed by atoms with van der Waals surface area (Å²) in [5, 5.41) is 0. The van der Waals surface area contributed by atoms with E-state index in [2.05, 4.69) is 60.4 Å². The largest absolute Gasteiger partial charge is 0.465 e. The Morgan fingerprint density at radius 2 is 1.38 bits per heavy atom. The molecular formula is C28H22O. The maximum absolute atomic E-state index is 6.06. The van der Waals surface area contributed by atoms with Crippen LogP contribution in [0.3, 0.4) is 0 Å². The van der Waals surface area contributed by atoms with Crippen molar-refractivity contribution in [2.24, 2.45) is 0 Å². The average Bonchev–Trinajstić information content (AvgIpc) is 3.20. The minimum Gasteiger partial charge on any atom is -0.465 e. The molecule has 0 N–H and O–H groups in total. The molecule has 0 radical (unpaired) electrons. The summed E-state index contributed by atoms with van der Waals surface area (Å²) in [6.07, 6.45) is 2.16. The van der Waals surface area contributed by atoms with Crippen molar-refractivity contribution in [1.29, 1.82) is 0 Å². The number of aryl methyl sites for hydroxylation is 1. The Labute approximate surface area is 172 Å². The second-order valence-corrected chi connectivity index (χ2v) is 6.92. The van der Waals surface area contributed by atoms with Crippen LogP contribution in [0.2, 0.25) is 0 Å². The lowest BCUT2D eigenvalue weighted by molar-refractivity contribution is 0.478. The van der Waals surface area contributed by atoms with Crippen molar-refractivity contribution in [3.05, 3.63) is 137 Å². The van der Waals surface area contributed by atoms with Crippen LogP contribution < -0.4 is 0 Å². The number of hydrogen-bond acceptors (Lipinski definition) is 1. The van der Waals surface area contributed by atoms with Crippen LogP contribution in [-0.2, 0) is 0 Å². The summed E-state index contributed by atoms with van der Waals surface area (Å²) in [5.74, 6) is 8.51. The van der Waals surface area contributed by atoms with Gasteiger partial charge in [0.2, 0.25) is 0 Å². The van der Waals surface area contributed by atoms with Crippen LogP contribution in [-0.4, -0.2) is 0 Å². The molecule has 140 valence electrons. The molecule has 1 unspecified atom stereocenters. The highest BCUT2D eigenvalue weighted by atomic mass is 16.3. The SMILES string of the molecule is Cc1ccc(C(/C(C#Cc2ccccc2)=C/c2ccccc2)c2ccccc2)o1. The standard InChI is InChI=1S/C28H22O/c1-22-17-20-27(29-22)28(25-15-9-4-10-16-25)26(21-24-13-7-3-8-14-24)19-18-23-11-5-2-6-12-23/h2-17,20-21,28H,1H3/b26-21+. The molecule has 4 rings (SSSR count). The third-order valence-electron chi connectivity index (χ3n) is 4.74. The summed E-state index contributed by atoms with van der Waals surface area (Å²) < 4.78 is 6.06. The maximum Gasteiger partial charge on any atom is 0.116 e. The van der Waals surface area contributed by atoms with Gasteiger partial charge >= 0.3 is 0 Å². The molecule has 29 heavy (non-hydrogen) atoms. The number of hydrogen-bond donors (Lipinski definition) is 0. The summed E-state index contributed by atoms with van der Waals surface area (Å²) in [6.45, 7) is 1.97. The van der Waals surface area contributed by atoms with E-state index >= 15 is 0 Å². The molecule has 0 aliphatic carbocycles. The molecule has 4 aromatic rings. The van der Waals surface area contributed by atoms with Crippen molar-refractivity contribution in [3.8, 4) is 11.8 Å². The molecule has 0 aliphatic rings. The fourth-order valence-corrected chi connectivity index (χ4v) is 3.34. The van der Waals surface area contributed by atoms with Gasteiger partial charge in [0.1, 0.15) is 11.5 Å². The van der Waals surface area contributed by atoms with E-state index in [1.165, 1.54) is 0 Å². The highest BCUT2D eigenvalue weighted by Crippen LogP contribution is 2.34. The van der Waals surface area contributed by atoms with Crippen LogP contribution in [0.25, 0.3) is 6.08 Å². The molecule has 0 aliphatic heterocycles. The van der Waals surface area contributed by atoms with Crippen molar-refractivity contribution >= 4 is 6.08 Å². The molecular weight excluding hydrogens is 352 g/mol. The van der Waals surface area contributed by atoms with Crippen molar-refractivity contribution in [2.45, 2.75) is 12.8 Å². The van der Waals surface area contributed by atoms with Gasteiger partial charge in [-0.05, 0) is 48.4 Å². The summed E-state index contributed by atoms with van der Waals surface area (Å²) >= 11 is 0. The zero-order valence-electron chi connectivity index (χ0n) is 16.4. The topological polar surface area (TPSA) is 13.1 Å². The zero-order valence-corrected chi connectivity index (χ0v) is 16.4. The van der Waals surface area contributed by atoms with Gasteiger partial charge < -0.3 is 4.42 Å². The number of allylic oxidation sites excluding steroid dienone is 1. The van der Waals surface area contributed by atoms with E-state index in [4.69, 9.17) is 4.42 Å². The van der Waals surface area contributed by atoms with Crippen molar-refractivity contribution < 1.29 is 4.42 Å². The lowest BCUT2D eigenvalue weighted by Crippen LogP contribution is -2.03. The molecule has 0 spiro atoms. The molecule has 0 fully saturated rings. The van der Waals surface area contributed by atoms with Gasteiger partial charge in [-0.2, -0.15) is 0 Å². The van der Waals surface area contributed by atoms with E-state index in [9.17, 15) is 0 Å². The van der Waals surface area contributed by atoms with Crippen LogP contribution in [0.5, 0.6) is 0 Å². The molecule has 0 bridgehead atoms. The van der Waals surface area contributed by atoms with Gasteiger partial charge in [-0.1, -0.05) is 90.7 Å². The summed E-state index contributed by atoms with van der Waals surface area (Å²) in [7, 11) is 0. The zero-order chi connectivity index (χ0) is 19.9. The Balaban J connectivity index is 1.87. The molecule has 1 aromatic heterocycles. The lowest BCUT2D eigenvalue weighted by atomic mass is 9.87. The minimum atomic E-state index is -0.0682. The maximum atomic E-state index is 6.06. The first-order valence-corrected chi connectivity index (χ1v) is 9.74. The van der Waals surface area contributed by atoms with Crippen molar-refractivity contribution in [3.63, 3.8) is 0 Å². The second-order valence-electron chi connectivity index (χ2n) is 6.92. The first-order valence-electron chi connectivity index (χ1n) is 9.74.